The number of nitrogens with one attached hydrogen (secondary N) is 1. The van der Waals surface area contributed by atoms with Crippen molar-refractivity contribution in [3.63, 3.8) is 0 Å². The van der Waals surface area contributed by atoms with Crippen LogP contribution in [0.1, 0.15) is 12.8 Å². The quantitative estimate of drug-likeness (QED) is 0.630. The number of hydrogen-bond acceptors (Lipinski definition) is 6. The first kappa shape index (κ1) is 18.6. The number of aromatic nitrogens is 1. The molecule has 0 unspecified atom stereocenters. The van der Waals surface area contributed by atoms with E-state index in [0.717, 1.165) is 25.0 Å². The van der Waals surface area contributed by atoms with Gasteiger partial charge in [0.15, 0.2) is 0 Å². The lowest BCUT2D eigenvalue weighted by molar-refractivity contribution is 0.120. The number of sulfone groups is 1. The van der Waals surface area contributed by atoms with Crippen molar-refractivity contribution in [3.05, 3.63) is 60.4 Å². The molecule has 1 saturated heterocycles. The smallest absolute Gasteiger partial charge is 0.233 e. The highest BCUT2D eigenvalue weighted by atomic mass is 32.2. The van der Waals surface area contributed by atoms with Gasteiger partial charge in [-0.1, -0.05) is 18.2 Å². The molecule has 1 aromatic heterocycles. The molecular weight excluding hydrogens is 383 g/mol. The van der Waals surface area contributed by atoms with Gasteiger partial charge in [-0.05, 0) is 49.2 Å². The molecule has 1 N–H and O–H groups in total. The van der Waals surface area contributed by atoms with Gasteiger partial charge in [0.25, 0.3) is 0 Å². The van der Waals surface area contributed by atoms with Gasteiger partial charge >= 0.3 is 0 Å². The minimum Gasteiger partial charge on any atom is -0.419 e. The second-order valence-electron chi connectivity index (χ2n) is 6.49. The Hall–Kier alpha value is -2.71. The average molecular weight is 402 g/mol. The Labute approximate surface area is 162 Å². The van der Waals surface area contributed by atoms with Gasteiger partial charge in [-0.25, -0.2) is 12.8 Å². The molecule has 3 aromatic rings. The first-order valence-electron chi connectivity index (χ1n) is 8.96. The molecule has 0 radical (unpaired) electrons. The lowest BCUT2D eigenvalue weighted by Gasteiger charge is -2.10. The van der Waals surface area contributed by atoms with Crippen LogP contribution in [0, 0.1) is 5.82 Å². The highest BCUT2D eigenvalue weighted by Crippen LogP contribution is 2.32. The normalized spacial score (nSPS) is 17.0. The summed E-state index contributed by atoms with van der Waals surface area (Å²) in [5, 5.41) is 2.80. The van der Waals surface area contributed by atoms with Gasteiger partial charge in [0.2, 0.25) is 26.6 Å². The topological polar surface area (TPSA) is 81.4 Å². The van der Waals surface area contributed by atoms with Crippen LogP contribution in [0.3, 0.4) is 0 Å². The van der Waals surface area contributed by atoms with Gasteiger partial charge in [0.05, 0.1) is 11.0 Å². The second-order valence-corrected chi connectivity index (χ2v) is 8.36. The molecule has 0 amide bonds. The van der Waals surface area contributed by atoms with Crippen molar-refractivity contribution in [2.75, 3.05) is 18.5 Å². The third-order valence-corrected chi connectivity index (χ3v) is 6.19. The predicted molar refractivity (Wildman–Crippen MR) is 101 cm³/mol. The lowest BCUT2D eigenvalue weighted by Crippen LogP contribution is -2.19. The van der Waals surface area contributed by atoms with E-state index < -0.39 is 15.7 Å². The Balaban J connectivity index is 1.72. The molecule has 4 rings (SSSR count). The van der Waals surface area contributed by atoms with Crippen LogP contribution in [0.15, 0.2) is 68.9 Å². The van der Waals surface area contributed by atoms with Crippen molar-refractivity contribution in [1.82, 2.24) is 4.98 Å². The zero-order chi connectivity index (χ0) is 19.6. The van der Waals surface area contributed by atoms with Crippen molar-refractivity contribution < 1.29 is 22.0 Å². The molecule has 1 aliphatic heterocycles. The highest BCUT2D eigenvalue weighted by molar-refractivity contribution is 7.91. The lowest BCUT2D eigenvalue weighted by atomic mass is 10.2. The first-order chi connectivity index (χ1) is 13.5. The van der Waals surface area contributed by atoms with Crippen LogP contribution in [-0.4, -0.2) is 32.7 Å². The number of oxazole rings is 1. The number of rotatable bonds is 6. The summed E-state index contributed by atoms with van der Waals surface area (Å²) in [5.41, 5.74) is 0.656. The molecule has 146 valence electrons. The predicted octanol–water partition coefficient (Wildman–Crippen LogP) is 3.90. The van der Waals surface area contributed by atoms with E-state index >= 15 is 0 Å². The summed E-state index contributed by atoms with van der Waals surface area (Å²) in [5.74, 6) is -0.268. The van der Waals surface area contributed by atoms with Crippen LogP contribution in [0.4, 0.5) is 10.3 Å². The molecule has 2 aromatic carbocycles. The van der Waals surface area contributed by atoms with Gasteiger partial charge in [0, 0.05) is 18.7 Å². The van der Waals surface area contributed by atoms with Crippen molar-refractivity contribution in [1.29, 1.82) is 0 Å². The van der Waals surface area contributed by atoms with E-state index in [1.165, 1.54) is 12.1 Å². The Morgan fingerprint density at radius 3 is 2.54 bits per heavy atom. The minimum atomic E-state index is -3.99. The summed E-state index contributed by atoms with van der Waals surface area (Å²) < 4.78 is 50.7. The fourth-order valence-corrected chi connectivity index (χ4v) is 4.32. The zero-order valence-electron chi connectivity index (χ0n) is 15.0. The maximum absolute atomic E-state index is 13.2. The molecule has 1 aliphatic rings. The summed E-state index contributed by atoms with van der Waals surface area (Å²) in [6, 6.07) is 13.7. The fourth-order valence-electron chi connectivity index (χ4n) is 3.04. The summed E-state index contributed by atoms with van der Waals surface area (Å²) >= 11 is 0. The standard InChI is InChI=1S/C20H19FN2O4S/c21-15-8-10-17(11-9-15)28(24,25)20-19(22-13-16-7-4-12-26-16)27-18(23-20)14-5-2-1-3-6-14/h1-3,5-6,8-11,16,22H,4,7,12-13H2/t16-/m1/s1. The molecule has 0 spiro atoms. The molecule has 1 fully saturated rings. The Kier molecular flexibility index (Phi) is 5.15. The number of ether oxygens (including phenoxy) is 1. The van der Waals surface area contributed by atoms with Gasteiger partial charge < -0.3 is 14.5 Å². The molecule has 28 heavy (non-hydrogen) atoms. The monoisotopic (exact) mass is 402 g/mol. The van der Waals surface area contributed by atoms with E-state index in [4.69, 9.17) is 9.15 Å². The number of hydrogen-bond donors (Lipinski definition) is 1. The SMILES string of the molecule is O=S(=O)(c1ccc(F)cc1)c1nc(-c2ccccc2)oc1NC[C@H]1CCCO1. The Morgan fingerprint density at radius 2 is 1.86 bits per heavy atom. The zero-order valence-corrected chi connectivity index (χ0v) is 15.8. The van der Waals surface area contributed by atoms with Gasteiger partial charge in [-0.15, -0.1) is 0 Å². The molecule has 8 heteroatoms. The first-order valence-corrected chi connectivity index (χ1v) is 10.4. The fraction of sp³-hybridized carbons (Fsp3) is 0.250. The van der Waals surface area contributed by atoms with E-state index in [9.17, 15) is 12.8 Å². The van der Waals surface area contributed by atoms with Gasteiger partial charge in [-0.2, -0.15) is 4.98 Å². The van der Waals surface area contributed by atoms with Crippen LogP contribution in [0.25, 0.3) is 11.5 Å². The average Bonchev–Trinajstić information content (AvgIpc) is 3.37. The Bertz CT molecular complexity index is 1040. The van der Waals surface area contributed by atoms with Crippen LogP contribution in [-0.2, 0) is 14.6 Å². The molecule has 6 nitrogen and oxygen atoms in total. The second kappa shape index (κ2) is 7.73. The summed E-state index contributed by atoms with van der Waals surface area (Å²) in [4.78, 5) is 4.19. The Morgan fingerprint density at radius 1 is 1.11 bits per heavy atom. The van der Waals surface area contributed by atoms with Crippen LogP contribution in [0.2, 0.25) is 0 Å². The summed E-state index contributed by atoms with van der Waals surface area (Å²) in [6.07, 6.45) is 1.86. The third-order valence-electron chi connectivity index (χ3n) is 4.51. The number of nitrogens with zero attached hydrogens (tertiary/aromatic N) is 1. The van der Waals surface area contributed by atoms with Crippen molar-refractivity contribution in [3.8, 4) is 11.5 Å². The molecule has 0 bridgehead atoms. The van der Waals surface area contributed by atoms with E-state index in [1.807, 2.05) is 18.2 Å². The van der Waals surface area contributed by atoms with Crippen molar-refractivity contribution in [2.45, 2.75) is 28.9 Å². The van der Waals surface area contributed by atoms with Crippen LogP contribution >= 0.6 is 0 Å². The molecule has 0 aliphatic carbocycles. The van der Waals surface area contributed by atoms with E-state index in [0.29, 0.717) is 18.7 Å². The van der Waals surface area contributed by atoms with E-state index in [2.05, 4.69) is 10.3 Å². The number of halogens is 1. The molecule has 0 saturated carbocycles. The molecular formula is C20H19FN2O4S. The van der Waals surface area contributed by atoms with Crippen LogP contribution in [0.5, 0.6) is 0 Å². The summed E-state index contributed by atoms with van der Waals surface area (Å²) in [7, 11) is -3.99. The number of benzene rings is 2. The van der Waals surface area contributed by atoms with E-state index in [-0.39, 0.29) is 27.8 Å². The highest BCUT2D eigenvalue weighted by Gasteiger charge is 2.29. The van der Waals surface area contributed by atoms with E-state index in [1.54, 1.807) is 12.1 Å². The maximum atomic E-state index is 13.2. The molecule has 1 atom stereocenters. The molecule has 2 heterocycles. The van der Waals surface area contributed by atoms with Gasteiger partial charge in [0.1, 0.15) is 5.82 Å². The summed E-state index contributed by atoms with van der Waals surface area (Å²) in [6.45, 7) is 1.11. The largest absolute Gasteiger partial charge is 0.419 e. The third kappa shape index (κ3) is 3.79. The minimum absolute atomic E-state index is 0.00773. The van der Waals surface area contributed by atoms with Crippen molar-refractivity contribution in [2.24, 2.45) is 0 Å². The number of anilines is 1. The van der Waals surface area contributed by atoms with Gasteiger partial charge in [-0.3, -0.25) is 0 Å². The van der Waals surface area contributed by atoms with Crippen molar-refractivity contribution >= 4 is 15.7 Å². The van der Waals surface area contributed by atoms with Crippen LogP contribution < -0.4 is 5.32 Å². The maximum Gasteiger partial charge on any atom is 0.233 e.